The molecule has 0 radical (unpaired) electrons. The van der Waals surface area contributed by atoms with Crippen molar-refractivity contribution in [1.29, 1.82) is 0 Å². The van der Waals surface area contributed by atoms with E-state index in [0.29, 0.717) is 11.7 Å². The summed E-state index contributed by atoms with van der Waals surface area (Å²) in [6, 6.07) is 8.86. The molecule has 3 rings (SSSR count). The highest BCUT2D eigenvalue weighted by molar-refractivity contribution is 5.91. The number of fused-ring (bicyclic) bond motifs is 1. The fourth-order valence-electron chi connectivity index (χ4n) is 3.08. The molecule has 1 aromatic heterocycles. The van der Waals surface area contributed by atoms with Crippen LogP contribution in [0.15, 0.2) is 35.6 Å². The molecule has 1 heterocycles. The van der Waals surface area contributed by atoms with Gasteiger partial charge in [0.2, 0.25) is 0 Å². The summed E-state index contributed by atoms with van der Waals surface area (Å²) in [7, 11) is 0. The van der Waals surface area contributed by atoms with Gasteiger partial charge in [0, 0.05) is 12.8 Å². The standard InChI is InChI=1S/C19H25N5/c1-13(2)10-21-11-16-18(20)22-12-23-19(16)24-17-9-5-7-14-6-3-4-8-15(14)17/h3-4,6,8,11-13,17H,5,7,9-10H2,1-2H3,(H3,20,22,23,24). The first-order chi connectivity index (χ1) is 11.6. The molecule has 5 heteroatoms. The summed E-state index contributed by atoms with van der Waals surface area (Å²) < 4.78 is 0. The highest BCUT2D eigenvalue weighted by atomic mass is 15.1. The number of aryl methyl sites for hydroxylation is 1. The van der Waals surface area contributed by atoms with Crippen LogP contribution in [0.2, 0.25) is 0 Å². The SMILES string of the molecule is CC(C)CN=Cc1c(N)ncnc1NC1CCCc2ccccc21. The van der Waals surface area contributed by atoms with E-state index in [2.05, 4.69) is 58.4 Å². The summed E-state index contributed by atoms with van der Waals surface area (Å²) >= 11 is 0. The van der Waals surface area contributed by atoms with Crippen LogP contribution in [0.3, 0.4) is 0 Å². The van der Waals surface area contributed by atoms with Gasteiger partial charge in [-0.3, -0.25) is 4.99 Å². The molecule has 126 valence electrons. The molecule has 1 aliphatic rings. The van der Waals surface area contributed by atoms with Crippen molar-refractivity contribution in [3.8, 4) is 0 Å². The molecule has 2 aromatic rings. The van der Waals surface area contributed by atoms with Crippen molar-refractivity contribution >= 4 is 17.9 Å². The second-order valence-electron chi connectivity index (χ2n) is 6.70. The Morgan fingerprint density at radius 2 is 2.17 bits per heavy atom. The van der Waals surface area contributed by atoms with Crippen LogP contribution >= 0.6 is 0 Å². The van der Waals surface area contributed by atoms with E-state index in [1.54, 1.807) is 6.21 Å². The van der Waals surface area contributed by atoms with E-state index in [1.165, 1.54) is 23.9 Å². The summed E-state index contributed by atoms with van der Waals surface area (Å²) in [5.74, 6) is 1.73. The lowest BCUT2D eigenvalue weighted by Gasteiger charge is -2.27. The van der Waals surface area contributed by atoms with Gasteiger partial charge in [-0.05, 0) is 36.3 Å². The molecule has 3 N–H and O–H groups in total. The molecule has 0 spiro atoms. The Morgan fingerprint density at radius 3 is 3.00 bits per heavy atom. The number of anilines is 2. The predicted molar refractivity (Wildman–Crippen MR) is 99.5 cm³/mol. The van der Waals surface area contributed by atoms with Gasteiger partial charge in [-0.15, -0.1) is 0 Å². The van der Waals surface area contributed by atoms with E-state index in [9.17, 15) is 0 Å². The minimum absolute atomic E-state index is 0.251. The second-order valence-corrected chi connectivity index (χ2v) is 6.70. The van der Waals surface area contributed by atoms with Crippen LogP contribution < -0.4 is 11.1 Å². The van der Waals surface area contributed by atoms with Crippen LogP contribution in [0.4, 0.5) is 11.6 Å². The molecule has 1 aromatic carbocycles. The Bertz CT molecular complexity index is 723. The number of aromatic nitrogens is 2. The Labute approximate surface area is 143 Å². The van der Waals surface area contributed by atoms with Gasteiger partial charge in [0.15, 0.2) is 0 Å². The number of nitrogens with two attached hydrogens (primary N) is 1. The van der Waals surface area contributed by atoms with Gasteiger partial charge in [-0.2, -0.15) is 0 Å². The van der Waals surface area contributed by atoms with Crippen molar-refractivity contribution in [3.05, 3.63) is 47.3 Å². The first-order valence-corrected chi connectivity index (χ1v) is 8.59. The zero-order valence-electron chi connectivity index (χ0n) is 14.4. The summed E-state index contributed by atoms with van der Waals surface area (Å²) in [6.07, 6.45) is 6.71. The van der Waals surface area contributed by atoms with Gasteiger partial charge < -0.3 is 11.1 Å². The molecule has 0 bridgehead atoms. The van der Waals surface area contributed by atoms with Crippen LogP contribution in [0.25, 0.3) is 0 Å². The van der Waals surface area contributed by atoms with E-state index in [-0.39, 0.29) is 6.04 Å². The highest BCUT2D eigenvalue weighted by Gasteiger charge is 2.21. The molecular formula is C19H25N5. The lowest BCUT2D eigenvalue weighted by Crippen LogP contribution is -2.19. The second kappa shape index (κ2) is 7.43. The smallest absolute Gasteiger partial charge is 0.140 e. The largest absolute Gasteiger partial charge is 0.383 e. The molecule has 0 aliphatic heterocycles. The number of aliphatic imine (C=N–C) groups is 1. The van der Waals surface area contributed by atoms with Gasteiger partial charge in [-0.1, -0.05) is 38.1 Å². The molecular weight excluding hydrogens is 298 g/mol. The third-order valence-electron chi connectivity index (χ3n) is 4.29. The third kappa shape index (κ3) is 3.72. The third-order valence-corrected chi connectivity index (χ3v) is 4.29. The van der Waals surface area contributed by atoms with Crippen molar-refractivity contribution < 1.29 is 0 Å². The first kappa shape index (κ1) is 16.4. The number of benzene rings is 1. The average molecular weight is 323 g/mol. The predicted octanol–water partition coefficient (Wildman–Crippen LogP) is 3.62. The number of nitrogens with one attached hydrogen (secondary N) is 1. The Hall–Kier alpha value is -2.43. The van der Waals surface area contributed by atoms with Gasteiger partial charge in [-0.25, -0.2) is 9.97 Å². The van der Waals surface area contributed by atoms with Crippen molar-refractivity contribution in [1.82, 2.24) is 9.97 Å². The zero-order chi connectivity index (χ0) is 16.9. The Balaban J connectivity index is 1.86. The molecule has 5 nitrogen and oxygen atoms in total. The monoisotopic (exact) mass is 323 g/mol. The molecule has 0 saturated carbocycles. The van der Waals surface area contributed by atoms with E-state index >= 15 is 0 Å². The molecule has 24 heavy (non-hydrogen) atoms. The number of nitrogen functional groups attached to an aromatic ring is 1. The quantitative estimate of drug-likeness (QED) is 0.824. The van der Waals surface area contributed by atoms with Gasteiger partial charge in [0.1, 0.15) is 18.0 Å². The number of rotatable bonds is 5. The van der Waals surface area contributed by atoms with Crippen LogP contribution in [0, 0.1) is 5.92 Å². The topological polar surface area (TPSA) is 76.2 Å². The molecule has 1 aliphatic carbocycles. The molecule has 0 fully saturated rings. The number of hydrogen-bond donors (Lipinski definition) is 2. The summed E-state index contributed by atoms with van der Waals surface area (Å²) in [4.78, 5) is 13.0. The van der Waals surface area contributed by atoms with E-state index in [1.807, 2.05) is 0 Å². The summed E-state index contributed by atoms with van der Waals surface area (Å²) in [5.41, 5.74) is 9.60. The van der Waals surface area contributed by atoms with Crippen molar-refractivity contribution in [2.75, 3.05) is 17.6 Å². The Kier molecular flexibility index (Phi) is 5.08. The maximum absolute atomic E-state index is 6.06. The minimum Gasteiger partial charge on any atom is -0.383 e. The first-order valence-electron chi connectivity index (χ1n) is 8.59. The fourth-order valence-corrected chi connectivity index (χ4v) is 3.08. The van der Waals surface area contributed by atoms with Crippen molar-refractivity contribution in [2.45, 2.75) is 39.2 Å². The molecule has 0 amide bonds. The molecule has 1 atom stereocenters. The normalized spacial score (nSPS) is 17.2. The lowest BCUT2D eigenvalue weighted by atomic mass is 9.87. The van der Waals surface area contributed by atoms with Crippen molar-refractivity contribution in [3.63, 3.8) is 0 Å². The average Bonchev–Trinajstić information content (AvgIpc) is 2.57. The summed E-state index contributed by atoms with van der Waals surface area (Å²) in [6.45, 7) is 5.04. The molecule has 1 unspecified atom stereocenters. The van der Waals surface area contributed by atoms with Crippen LogP contribution in [-0.2, 0) is 6.42 Å². The lowest BCUT2D eigenvalue weighted by molar-refractivity contribution is 0.598. The van der Waals surface area contributed by atoms with E-state index in [0.717, 1.165) is 30.8 Å². The molecule has 0 saturated heterocycles. The van der Waals surface area contributed by atoms with E-state index < -0.39 is 0 Å². The minimum atomic E-state index is 0.251. The van der Waals surface area contributed by atoms with Crippen LogP contribution in [0.5, 0.6) is 0 Å². The maximum atomic E-state index is 6.06. The number of nitrogens with zero attached hydrogens (tertiary/aromatic N) is 3. The fraction of sp³-hybridized carbons (Fsp3) is 0.421. The zero-order valence-corrected chi connectivity index (χ0v) is 14.4. The van der Waals surface area contributed by atoms with Crippen molar-refractivity contribution in [2.24, 2.45) is 10.9 Å². The number of hydrogen-bond acceptors (Lipinski definition) is 5. The maximum Gasteiger partial charge on any atom is 0.140 e. The Morgan fingerprint density at radius 1 is 1.33 bits per heavy atom. The highest BCUT2D eigenvalue weighted by Crippen LogP contribution is 2.32. The van der Waals surface area contributed by atoms with E-state index in [4.69, 9.17) is 5.73 Å². The summed E-state index contributed by atoms with van der Waals surface area (Å²) in [5, 5.41) is 3.56. The van der Waals surface area contributed by atoms with Crippen LogP contribution in [0.1, 0.15) is 49.4 Å². The van der Waals surface area contributed by atoms with Gasteiger partial charge in [0.05, 0.1) is 11.6 Å². The van der Waals surface area contributed by atoms with Crippen LogP contribution in [-0.4, -0.2) is 22.7 Å². The van der Waals surface area contributed by atoms with Gasteiger partial charge in [0.25, 0.3) is 0 Å². The van der Waals surface area contributed by atoms with Gasteiger partial charge >= 0.3 is 0 Å².